The van der Waals surface area contributed by atoms with Gasteiger partial charge in [-0.05, 0) is 51.5 Å². The number of carbonyl (C=O) groups excluding carboxylic acids is 1. The van der Waals surface area contributed by atoms with Crippen LogP contribution in [0, 0.1) is 0 Å². The first-order valence-corrected chi connectivity index (χ1v) is 8.32. The summed E-state index contributed by atoms with van der Waals surface area (Å²) >= 11 is 1.29. The highest BCUT2D eigenvalue weighted by atomic mass is 32.2. The maximum absolute atomic E-state index is 13.0. The van der Waals surface area contributed by atoms with Gasteiger partial charge in [-0.25, -0.2) is 0 Å². The van der Waals surface area contributed by atoms with Crippen molar-refractivity contribution in [3.8, 4) is 0 Å². The average Bonchev–Trinajstić information content (AvgIpc) is 2.60. The van der Waals surface area contributed by atoms with Crippen LogP contribution in [0.1, 0.15) is 10.4 Å². The first-order chi connectivity index (χ1) is 11.3. The molecule has 23 heavy (non-hydrogen) atoms. The molecule has 0 aromatic heterocycles. The van der Waals surface area contributed by atoms with Crippen LogP contribution >= 0.6 is 11.8 Å². The van der Waals surface area contributed by atoms with Gasteiger partial charge in [-0.2, -0.15) is 0 Å². The molecule has 0 spiro atoms. The van der Waals surface area contributed by atoms with Gasteiger partial charge in [0.15, 0.2) is 0 Å². The Hall–Kier alpha value is -2.58. The number of carbonyl (C=O) groups is 1. The fraction of sp³-hybridized carbons (Fsp3) is 0. The summed E-state index contributed by atoms with van der Waals surface area (Å²) in [5, 5.41) is 4.31. The van der Waals surface area contributed by atoms with E-state index in [1.165, 1.54) is 11.8 Å². The maximum atomic E-state index is 13.0. The molecule has 0 aliphatic carbocycles. The van der Waals surface area contributed by atoms with E-state index in [9.17, 15) is 4.79 Å². The predicted molar refractivity (Wildman–Crippen MR) is 98.1 cm³/mol. The minimum absolute atomic E-state index is 0.0872. The Morgan fingerprint density at radius 1 is 0.652 bits per heavy atom. The molecule has 0 saturated carbocycles. The third-order valence-corrected chi connectivity index (χ3v) is 4.83. The zero-order valence-corrected chi connectivity index (χ0v) is 13.2. The molecule has 0 aliphatic heterocycles. The highest BCUT2D eigenvalue weighted by Crippen LogP contribution is 2.33. The molecule has 0 N–H and O–H groups in total. The SMILES string of the molecule is O=C(Sc1ccccc1)c1c2ccccc2cc2ccccc12. The lowest BCUT2D eigenvalue weighted by Crippen LogP contribution is -1.97. The van der Waals surface area contributed by atoms with E-state index < -0.39 is 0 Å². The van der Waals surface area contributed by atoms with Gasteiger partial charge < -0.3 is 0 Å². The molecular formula is C21H14OS. The number of thioether (sulfide) groups is 1. The standard InChI is InChI=1S/C21H14OS/c22-21(23-17-10-2-1-3-11-17)20-18-12-6-4-8-15(18)14-16-9-5-7-13-19(16)20/h1-14H. The van der Waals surface area contributed by atoms with Crippen molar-refractivity contribution in [3.05, 3.63) is 90.5 Å². The molecule has 0 atom stereocenters. The first kappa shape index (κ1) is 14.0. The van der Waals surface area contributed by atoms with Crippen molar-refractivity contribution in [3.63, 3.8) is 0 Å². The third kappa shape index (κ3) is 2.62. The van der Waals surface area contributed by atoms with Crippen molar-refractivity contribution in [2.75, 3.05) is 0 Å². The van der Waals surface area contributed by atoms with Crippen LogP contribution in [0.5, 0.6) is 0 Å². The van der Waals surface area contributed by atoms with Crippen molar-refractivity contribution in [1.29, 1.82) is 0 Å². The summed E-state index contributed by atoms with van der Waals surface area (Å²) in [5.41, 5.74) is 0.799. The van der Waals surface area contributed by atoms with Gasteiger partial charge in [0.1, 0.15) is 0 Å². The molecule has 0 bridgehead atoms. The topological polar surface area (TPSA) is 17.1 Å². The molecule has 4 rings (SSSR count). The Balaban J connectivity index is 1.94. The number of rotatable bonds is 2. The van der Waals surface area contributed by atoms with Crippen molar-refractivity contribution < 1.29 is 4.79 Å². The first-order valence-electron chi connectivity index (χ1n) is 7.51. The van der Waals surface area contributed by atoms with E-state index in [-0.39, 0.29) is 5.12 Å². The van der Waals surface area contributed by atoms with Gasteiger partial charge in [0.2, 0.25) is 5.12 Å². The van der Waals surface area contributed by atoms with Gasteiger partial charge in [0, 0.05) is 10.5 Å². The molecule has 0 saturated heterocycles. The molecule has 2 heteroatoms. The summed E-state index contributed by atoms with van der Waals surface area (Å²) in [4.78, 5) is 14.0. The van der Waals surface area contributed by atoms with E-state index >= 15 is 0 Å². The molecule has 0 fully saturated rings. The Morgan fingerprint density at radius 2 is 1.17 bits per heavy atom. The predicted octanol–water partition coefficient (Wildman–Crippen LogP) is 5.93. The Morgan fingerprint density at radius 3 is 1.78 bits per heavy atom. The van der Waals surface area contributed by atoms with E-state index in [4.69, 9.17) is 0 Å². The van der Waals surface area contributed by atoms with Crippen molar-refractivity contribution in [2.24, 2.45) is 0 Å². The fourth-order valence-electron chi connectivity index (χ4n) is 2.88. The van der Waals surface area contributed by atoms with Crippen LogP contribution in [0.2, 0.25) is 0 Å². The van der Waals surface area contributed by atoms with Gasteiger partial charge in [0.25, 0.3) is 0 Å². The molecule has 0 aliphatic rings. The second-order valence-electron chi connectivity index (χ2n) is 5.40. The van der Waals surface area contributed by atoms with Crippen LogP contribution in [0.15, 0.2) is 89.8 Å². The summed E-state index contributed by atoms with van der Waals surface area (Å²) < 4.78 is 0. The summed E-state index contributed by atoms with van der Waals surface area (Å²) in [5.74, 6) is 0. The van der Waals surface area contributed by atoms with Crippen LogP contribution < -0.4 is 0 Å². The number of hydrogen-bond donors (Lipinski definition) is 0. The molecule has 0 radical (unpaired) electrons. The van der Waals surface area contributed by atoms with E-state index in [1.54, 1.807) is 0 Å². The summed E-state index contributed by atoms with van der Waals surface area (Å²) in [6.45, 7) is 0. The zero-order chi connectivity index (χ0) is 15.6. The zero-order valence-electron chi connectivity index (χ0n) is 12.4. The van der Waals surface area contributed by atoms with Crippen LogP contribution in [-0.4, -0.2) is 5.12 Å². The largest absolute Gasteiger partial charge is 0.281 e. The van der Waals surface area contributed by atoms with Gasteiger partial charge >= 0.3 is 0 Å². The molecular weight excluding hydrogens is 300 g/mol. The minimum atomic E-state index is 0.0872. The lowest BCUT2D eigenvalue weighted by atomic mass is 9.97. The van der Waals surface area contributed by atoms with Crippen molar-refractivity contribution in [2.45, 2.75) is 4.90 Å². The normalized spacial score (nSPS) is 11.0. The Labute approximate surface area is 139 Å². The molecule has 0 unspecified atom stereocenters. The second kappa shape index (κ2) is 5.90. The summed E-state index contributed by atoms with van der Waals surface area (Å²) in [7, 11) is 0. The highest BCUT2D eigenvalue weighted by molar-refractivity contribution is 8.14. The third-order valence-electron chi connectivity index (χ3n) is 3.93. The number of fused-ring (bicyclic) bond motifs is 2. The van der Waals surface area contributed by atoms with E-state index in [0.29, 0.717) is 0 Å². The number of benzene rings is 4. The van der Waals surface area contributed by atoms with Crippen molar-refractivity contribution >= 4 is 38.4 Å². The summed E-state index contributed by atoms with van der Waals surface area (Å²) in [6.07, 6.45) is 0. The number of hydrogen-bond acceptors (Lipinski definition) is 2. The minimum Gasteiger partial charge on any atom is -0.281 e. The lowest BCUT2D eigenvalue weighted by molar-refractivity contribution is 0.109. The molecule has 0 heterocycles. The molecule has 4 aromatic rings. The second-order valence-corrected chi connectivity index (χ2v) is 6.44. The summed E-state index contributed by atoms with van der Waals surface area (Å²) in [6, 6.07) is 28.1. The van der Waals surface area contributed by atoms with Crippen LogP contribution in [0.3, 0.4) is 0 Å². The van der Waals surface area contributed by atoms with Gasteiger partial charge in [-0.1, -0.05) is 66.7 Å². The lowest BCUT2D eigenvalue weighted by Gasteiger charge is -2.10. The van der Waals surface area contributed by atoms with E-state index in [0.717, 1.165) is 32.0 Å². The monoisotopic (exact) mass is 314 g/mol. The Kier molecular flexibility index (Phi) is 3.60. The van der Waals surface area contributed by atoms with Crippen LogP contribution in [-0.2, 0) is 0 Å². The highest BCUT2D eigenvalue weighted by Gasteiger charge is 2.15. The molecule has 0 amide bonds. The molecule has 4 aromatic carbocycles. The van der Waals surface area contributed by atoms with Gasteiger partial charge in [0.05, 0.1) is 0 Å². The van der Waals surface area contributed by atoms with Gasteiger partial charge in [-0.15, -0.1) is 0 Å². The molecule has 110 valence electrons. The van der Waals surface area contributed by atoms with Crippen LogP contribution in [0.4, 0.5) is 0 Å². The maximum Gasteiger partial charge on any atom is 0.225 e. The van der Waals surface area contributed by atoms with Gasteiger partial charge in [-0.3, -0.25) is 4.79 Å². The quantitative estimate of drug-likeness (QED) is 0.337. The fourth-order valence-corrected chi connectivity index (χ4v) is 3.71. The Bertz CT molecular complexity index is 952. The van der Waals surface area contributed by atoms with E-state index in [1.807, 2.05) is 66.7 Å². The average molecular weight is 314 g/mol. The molecule has 1 nitrogen and oxygen atoms in total. The van der Waals surface area contributed by atoms with Crippen molar-refractivity contribution in [1.82, 2.24) is 0 Å². The van der Waals surface area contributed by atoms with E-state index in [2.05, 4.69) is 18.2 Å². The van der Waals surface area contributed by atoms with Crippen LogP contribution in [0.25, 0.3) is 21.5 Å². The smallest absolute Gasteiger partial charge is 0.225 e.